The maximum atomic E-state index is 5.86. The van der Waals surface area contributed by atoms with Crippen molar-refractivity contribution in [1.29, 1.82) is 0 Å². The van der Waals surface area contributed by atoms with Gasteiger partial charge in [0.2, 0.25) is 0 Å². The van der Waals surface area contributed by atoms with Crippen LogP contribution >= 0.6 is 27.5 Å². The quantitative estimate of drug-likeness (QED) is 0.688. The maximum Gasteiger partial charge on any atom is 0.0510 e. The SMILES string of the molecule is CC1CCCC(N(C)c2ccc(CCl)cc2Br)C1. The second-order valence-electron chi connectivity index (χ2n) is 5.46. The Bertz CT molecular complexity index is 407. The Morgan fingerprint density at radius 1 is 1.39 bits per heavy atom. The first-order chi connectivity index (χ1) is 8.61. The van der Waals surface area contributed by atoms with Crippen LogP contribution in [0.25, 0.3) is 0 Å². The van der Waals surface area contributed by atoms with Crippen LogP contribution in [0.3, 0.4) is 0 Å². The zero-order valence-corrected chi connectivity index (χ0v) is 13.5. The topological polar surface area (TPSA) is 3.24 Å². The van der Waals surface area contributed by atoms with Crippen molar-refractivity contribution >= 4 is 33.2 Å². The first-order valence-electron chi connectivity index (χ1n) is 6.69. The Kier molecular flexibility index (Phi) is 4.97. The minimum Gasteiger partial charge on any atom is -0.371 e. The van der Waals surface area contributed by atoms with Crippen molar-refractivity contribution in [2.75, 3.05) is 11.9 Å². The van der Waals surface area contributed by atoms with E-state index in [-0.39, 0.29) is 0 Å². The Morgan fingerprint density at radius 2 is 2.17 bits per heavy atom. The van der Waals surface area contributed by atoms with Crippen LogP contribution < -0.4 is 4.90 Å². The van der Waals surface area contributed by atoms with Crippen LogP contribution in [-0.4, -0.2) is 13.1 Å². The molecule has 1 saturated carbocycles. The van der Waals surface area contributed by atoms with Gasteiger partial charge in [-0.25, -0.2) is 0 Å². The highest BCUT2D eigenvalue weighted by atomic mass is 79.9. The number of alkyl halides is 1. The normalized spacial score (nSPS) is 24.0. The van der Waals surface area contributed by atoms with Gasteiger partial charge in [0, 0.05) is 23.4 Å². The van der Waals surface area contributed by atoms with E-state index < -0.39 is 0 Å². The molecule has 1 fully saturated rings. The first-order valence-corrected chi connectivity index (χ1v) is 8.01. The Morgan fingerprint density at radius 3 is 2.78 bits per heavy atom. The fraction of sp³-hybridized carbons (Fsp3) is 0.600. The molecule has 0 N–H and O–H groups in total. The van der Waals surface area contributed by atoms with Crippen LogP contribution in [0.5, 0.6) is 0 Å². The summed E-state index contributed by atoms with van der Waals surface area (Å²) in [5.74, 6) is 1.43. The number of rotatable bonds is 3. The van der Waals surface area contributed by atoms with Gasteiger partial charge in [-0.1, -0.05) is 25.8 Å². The summed E-state index contributed by atoms with van der Waals surface area (Å²) in [6.07, 6.45) is 5.36. The smallest absolute Gasteiger partial charge is 0.0510 e. The van der Waals surface area contributed by atoms with Gasteiger partial charge in [0.05, 0.1) is 5.69 Å². The van der Waals surface area contributed by atoms with Crippen molar-refractivity contribution < 1.29 is 0 Å². The van der Waals surface area contributed by atoms with Crippen molar-refractivity contribution in [2.24, 2.45) is 5.92 Å². The maximum absolute atomic E-state index is 5.86. The third-order valence-corrected chi connectivity index (χ3v) is 4.95. The van der Waals surface area contributed by atoms with Crippen LogP contribution in [-0.2, 0) is 5.88 Å². The predicted octanol–water partition coefficient (Wildman–Crippen LogP) is 5.20. The molecule has 1 aromatic rings. The van der Waals surface area contributed by atoms with Gasteiger partial charge in [0.25, 0.3) is 0 Å². The molecular formula is C15H21BrClN. The largest absolute Gasteiger partial charge is 0.371 e. The fourth-order valence-electron chi connectivity index (χ4n) is 2.87. The molecule has 100 valence electrons. The van der Waals surface area contributed by atoms with E-state index in [4.69, 9.17) is 11.6 Å². The van der Waals surface area contributed by atoms with Gasteiger partial charge in [-0.05, 0) is 52.4 Å². The van der Waals surface area contributed by atoms with Gasteiger partial charge in [-0.3, -0.25) is 0 Å². The number of halogens is 2. The summed E-state index contributed by atoms with van der Waals surface area (Å²) in [7, 11) is 2.21. The molecule has 2 unspecified atom stereocenters. The molecule has 0 aromatic heterocycles. The Balaban J connectivity index is 2.15. The molecule has 2 atom stereocenters. The number of nitrogens with zero attached hydrogens (tertiary/aromatic N) is 1. The van der Waals surface area contributed by atoms with E-state index in [0.717, 1.165) is 16.0 Å². The molecule has 0 amide bonds. The molecule has 18 heavy (non-hydrogen) atoms. The van der Waals surface area contributed by atoms with E-state index in [1.54, 1.807) is 0 Å². The summed E-state index contributed by atoms with van der Waals surface area (Å²) in [5.41, 5.74) is 2.45. The summed E-state index contributed by atoms with van der Waals surface area (Å²) in [5, 5.41) is 0. The minimum atomic E-state index is 0.572. The molecule has 0 saturated heterocycles. The van der Waals surface area contributed by atoms with E-state index in [9.17, 15) is 0 Å². The fourth-order valence-corrected chi connectivity index (χ4v) is 3.74. The molecule has 3 heteroatoms. The highest BCUT2D eigenvalue weighted by molar-refractivity contribution is 9.10. The molecule has 0 spiro atoms. The van der Waals surface area contributed by atoms with Crippen LogP contribution in [0.4, 0.5) is 5.69 Å². The minimum absolute atomic E-state index is 0.572. The van der Waals surface area contributed by atoms with Crippen molar-refractivity contribution in [2.45, 2.75) is 44.5 Å². The highest BCUT2D eigenvalue weighted by Gasteiger charge is 2.23. The molecule has 2 rings (SSSR count). The van der Waals surface area contributed by atoms with Crippen LogP contribution in [0.2, 0.25) is 0 Å². The molecule has 0 aliphatic heterocycles. The zero-order valence-electron chi connectivity index (χ0n) is 11.1. The number of hydrogen-bond donors (Lipinski definition) is 0. The van der Waals surface area contributed by atoms with E-state index in [1.165, 1.54) is 31.4 Å². The second-order valence-corrected chi connectivity index (χ2v) is 6.58. The van der Waals surface area contributed by atoms with Gasteiger partial charge in [0.15, 0.2) is 0 Å². The molecule has 1 aliphatic rings. The monoisotopic (exact) mass is 329 g/mol. The van der Waals surface area contributed by atoms with Crippen molar-refractivity contribution in [1.82, 2.24) is 0 Å². The molecular weight excluding hydrogens is 310 g/mol. The third-order valence-electron chi connectivity index (χ3n) is 4.00. The Hall–Kier alpha value is -0.210. The number of anilines is 1. The molecule has 1 aromatic carbocycles. The summed E-state index contributed by atoms with van der Waals surface area (Å²) < 4.78 is 1.15. The molecule has 0 heterocycles. The standard InChI is InChI=1S/C15H21BrClN/c1-11-4-3-5-13(8-11)18(2)15-7-6-12(10-17)9-14(15)16/h6-7,9,11,13H,3-5,8,10H2,1-2H3. The molecule has 0 bridgehead atoms. The van der Waals surface area contributed by atoms with Gasteiger partial charge in [-0.15, -0.1) is 11.6 Å². The average molecular weight is 331 g/mol. The summed E-state index contributed by atoms with van der Waals surface area (Å²) in [4.78, 5) is 2.43. The summed E-state index contributed by atoms with van der Waals surface area (Å²) in [6, 6.07) is 7.11. The van der Waals surface area contributed by atoms with Crippen LogP contribution in [0.15, 0.2) is 22.7 Å². The lowest BCUT2D eigenvalue weighted by Crippen LogP contribution is -2.35. The zero-order chi connectivity index (χ0) is 13.1. The lowest BCUT2D eigenvalue weighted by atomic mass is 9.86. The first kappa shape index (κ1) is 14.2. The summed E-state index contributed by atoms with van der Waals surface area (Å²) >= 11 is 9.53. The van der Waals surface area contributed by atoms with Crippen LogP contribution in [0.1, 0.15) is 38.2 Å². The lowest BCUT2D eigenvalue weighted by Gasteiger charge is -2.36. The van der Waals surface area contributed by atoms with Gasteiger partial charge in [0.1, 0.15) is 0 Å². The third kappa shape index (κ3) is 3.21. The number of benzene rings is 1. The van der Waals surface area contributed by atoms with Gasteiger partial charge < -0.3 is 4.90 Å². The van der Waals surface area contributed by atoms with Crippen molar-refractivity contribution in [3.63, 3.8) is 0 Å². The summed E-state index contributed by atoms with van der Waals surface area (Å²) in [6.45, 7) is 2.37. The Labute approximate surface area is 124 Å². The van der Waals surface area contributed by atoms with E-state index in [0.29, 0.717) is 11.9 Å². The predicted molar refractivity (Wildman–Crippen MR) is 83.5 cm³/mol. The van der Waals surface area contributed by atoms with Gasteiger partial charge in [-0.2, -0.15) is 0 Å². The molecule has 0 radical (unpaired) electrons. The lowest BCUT2D eigenvalue weighted by molar-refractivity contribution is 0.336. The van der Waals surface area contributed by atoms with E-state index in [1.807, 2.05) is 0 Å². The molecule has 1 aliphatic carbocycles. The second kappa shape index (κ2) is 6.29. The van der Waals surface area contributed by atoms with Crippen molar-refractivity contribution in [3.8, 4) is 0 Å². The van der Waals surface area contributed by atoms with E-state index >= 15 is 0 Å². The van der Waals surface area contributed by atoms with Crippen LogP contribution in [0, 0.1) is 5.92 Å². The average Bonchev–Trinajstić information content (AvgIpc) is 2.37. The van der Waals surface area contributed by atoms with E-state index in [2.05, 4.69) is 53.0 Å². The molecule has 1 nitrogen and oxygen atoms in total. The highest BCUT2D eigenvalue weighted by Crippen LogP contribution is 2.33. The number of hydrogen-bond acceptors (Lipinski definition) is 1. The van der Waals surface area contributed by atoms with Gasteiger partial charge >= 0.3 is 0 Å². The van der Waals surface area contributed by atoms with Crippen molar-refractivity contribution in [3.05, 3.63) is 28.2 Å².